The second kappa shape index (κ2) is 10.3. The van der Waals surface area contributed by atoms with Gasteiger partial charge >= 0.3 is 0 Å². The largest absolute Gasteiger partial charge is 0.494 e. The first kappa shape index (κ1) is 22.7. The molecule has 0 saturated carbocycles. The van der Waals surface area contributed by atoms with E-state index in [1.807, 2.05) is 36.4 Å². The number of ether oxygens (including phenoxy) is 1. The highest BCUT2D eigenvalue weighted by atomic mass is 16.5. The van der Waals surface area contributed by atoms with E-state index in [0.29, 0.717) is 39.1 Å². The van der Waals surface area contributed by atoms with E-state index in [1.54, 1.807) is 0 Å². The maximum atomic E-state index is 12.1. The Morgan fingerprint density at radius 2 is 1.81 bits per heavy atom. The van der Waals surface area contributed by atoms with Gasteiger partial charge in [-0.1, -0.05) is 45.0 Å². The normalized spacial score (nSPS) is 14.2. The van der Waals surface area contributed by atoms with Gasteiger partial charge in [0.05, 0.1) is 13.2 Å². The number of piperazine rings is 1. The number of amides is 2. The van der Waals surface area contributed by atoms with Crippen LogP contribution in [-0.4, -0.2) is 38.1 Å². The number of rotatable bonds is 8. The van der Waals surface area contributed by atoms with Crippen LogP contribution in [0.2, 0.25) is 0 Å². The number of benzene rings is 2. The molecule has 0 unspecified atom stereocenters. The van der Waals surface area contributed by atoms with E-state index in [-0.39, 0.29) is 17.2 Å². The van der Waals surface area contributed by atoms with Crippen LogP contribution in [0.3, 0.4) is 0 Å². The number of carbonyl (C=O) groups excluding carboxylic acids is 2. The smallest absolute Gasteiger partial charge is 0.239 e. The topological polar surface area (TPSA) is 70.7 Å². The minimum Gasteiger partial charge on any atom is -0.494 e. The number of carbonyl (C=O) groups is 2. The quantitative estimate of drug-likeness (QED) is 0.639. The second-order valence-corrected chi connectivity index (χ2v) is 8.94. The Bertz CT molecular complexity index is 870. The molecule has 3 rings (SSSR count). The van der Waals surface area contributed by atoms with Crippen LogP contribution >= 0.6 is 0 Å². The Balaban J connectivity index is 1.34. The molecule has 1 fully saturated rings. The maximum absolute atomic E-state index is 12.1. The van der Waals surface area contributed by atoms with Gasteiger partial charge in [-0.15, -0.1) is 0 Å². The maximum Gasteiger partial charge on any atom is 0.239 e. The van der Waals surface area contributed by atoms with Gasteiger partial charge in [-0.2, -0.15) is 0 Å². The van der Waals surface area contributed by atoms with Gasteiger partial charge in [-0.05, 0) is 47.2 Å². The summed E-state index contributed by atoms with van der Waals surface area (Å²) in [5.41, 5.74) is 3.46. The molecule has 0 atom stereocenters. The van der Waals surface area contributed by atoms with Crippen molar-refractivity contribution < 1.29 is 14.3 Å². The summed E-state index contributed by atoms with van der Waals surface area (Å²) in [4.78, 5) is 25.7. The third kappa shape index (κ3) is 7.02. The third-order valence-corrected chi connectivity index (χ3v) is 5.37. The van der Waals surface area contributed by atoms with E-state index in [4.69, 9.17) is 4.74 Å². The molecule has 2 amide bonds. The molecule has 0 aromatic heterocycles. The van der Waals surface area contributed by atoms with Gasteiger partial charge in [0.2, 0.25) is 11.8 Å². The molecular weight excluding hydrogens is 390 g/mol. The molecule has 0 radical (unpaired) electrons. The Morgan fingerprint density at radius 1 is 1.10 bits per heavy atom. The van der Waals surface area contributed by atoms with Gasteiger partial charge in [0.25, 0.3) is 0 Å². The van der Waals surface area contributed by atoms with Crippen LogP contribution in [0.5, 0.6) is 5.75 Å². The van der Waals surface area contributed by atoms with Crippen molar-refractivity contribution in [2.45, 2.75) is 45.6 Å². The van der Waals surface area contributed by atoms with Crippen molar-refractivity contribution in [1.82, 2.24) is 10.6 Å². The molecule has 2 N–H and O–H groups in total. The fourth-order valence-corrected chi connectivity index (χ4v) is 3.45. The Kier molecular flexibility index (Phi) is 7.55. The lowest BCUT2D eigenvalue weighted by Crippen LogP contribution is -2.47. The summed E-state index contributed by atoms with van der Waals surface area (Å²) in [5.74, 6) is 0.900. The van der Waals surface area contributed by atoms with Crippen LogP contribution in [0.15, 0.2) is 48.5 Å². The number of nitrogens with one attached hydrogen (secondary N) is 2. The van der Waals surface area contributed by atoms with Gasteiger partial charge < -0.3 is 20.3 Å². The van der Waals surface area contributed by atoms with E-state index in [9.17, 15) is 9.59 Å². The van der Waals surface area contributed by atoms with Gasteiger partial charge in [-0.3, -0.25) is 9.59 Å². The van der Waals surface area contributed by atoms with Crippen LogP contribution in [0.25, 0.3) is 0 Å². The lowest BCUT2D eigenvalue weighted by atomic mass is 9.87. The van der Waals surface area contributed by atoms with Crippen LogP contribution < -0.4 is 20.3 Å². The first-order valence-electron chi connectivity index (χ1n) is 10.9. The summed E-state index contributed by atoms with van der Waals surface area (Å²) >= 11 is 0. The molecule has 1 saturated heterocycles. The molecule has 6 nitrogen and oxygen atoms in total. The molecular formula is C25H33N3O3. The summed E-state index contributed by atoms with van der Waals surface area (Å²) in [6.45, 7) is 9.43. The molecule has 31 heavy (non-hydrogen) atoms. The molecule has 2 aromatic carbocycles. The van der Waals surface area contributed by atoms with E-state index in [0.717, 1.165) is 23.5 Å². The molecule has 2 aromatic rings. The van der Waals surface area contributed by atoms with E-state index in [1.165, 1.54) is 5.56 Å². The van der Waals surface area contributed by atoms with Crippen molar-refractivity contribution in [2.75, 3.05) is 31.1 Å². The summed E-state index contributed by atoms with van der Waals surface area (Å²) in [6, 6.07) is 16.1. The van der Waals surface area contributed by atoms with Gasteiger partial charge in [-0.25, -0.2) is 0 Å². The summed E-state index contributed by atoms with van der Waals surface area (Å²) in [5, 5.41) is 5.78. The van der Waals surface area contributed by atoms with Crippen LogP contribution in [0.4, 0.5) is 5.69 Å². The number of hydrogen-bond donors (Lipinski definition) is 2. The van der Waals surface area contributed by atoms with Crippen molar-refractivity contribution in [3.8, 4) is 5.75 Å². The van der Waals surface area contributed by atoms with E-state index in [2.05, 4.69) is 48.4 Å². The standard InChI is InChI=1S/C25H33N3O3/c1-25(2,3)20-8-12-22(13-9-20)31-16-4-5-23(29)27-17-19-6-10-21(11-7-19)28-15-14-26-24(30)18-28/h6-13H,4-5,14-18H2,1-3H3,(H,26,30)(H,27,29). The summed E-state index contributed by atoms with van der Waals surface area (Å²) < 4.78 is 5.75. The predicted molar refractivity (Wildman–Crippen MR) is 123 cm³/mol. The molecule has 0 spiro atoms. The van der Waals surface area contributed by atoms with Crippen LogP contribution in [0.1, 0.15) is 44.7 Å². The number of hydrogen-bond acceptors (Lipinski definition) is 4. The average molecular weight is 424 g/mol. The van der Waals surface area contributed by atoms with Crippen molar-refractivity contribution in [3.05, 3.63) is 59.7 Å². The molecule has 1 aliphatic rings. The van der Waals surface area contributed by atoms with Crippen molar-refractivity contribution >= 4 is 17.5 Å². The highest BCUT2D eigenvalue weighted by molar-refractivity contribution is 5.82. The highest BCUT2D eigenvalue weighted by Crippen LogP contribution is 2.24. The first-order chi connectivity index (χ1) is 14.8. The van der Waals surface area contributed by atoms with Crippen molar-refractivity contribution in [1.29, 1.82) is 0 Å². The average Bonchev–Trinajstić information content (AvgIpc) is 2.75. The Morgan fingerprint density at radius 3 is 2.45 bits per heavy atom. The zero-order valence-corrected chi connectivity index (χ0v) is 18.7. The fourth-order valence-electron chi connectivity index (χ4n) is 3.45. The zero-order chi connectivity index (χ0) is 22.3. The summed E-state index contributed by atoms with van der Waals surface area (Å²) in [6.07, 6.45) is 1.10. The van der Waals surface area contributed by atoms with Gasteiger partial charge in [0.15, 0.2) is 0 Å². The zero-order valence-electron chi connectivity index (χ0n) is 18.7. The first-order valence-corrected chi connectivity index (χ1v) is 10.9. The highest BCUT2D eigenvalue weighted by Gasteiger charge is 2.16. The lowest BCUT2D eigenvalue weighted by Gasteiger charge is -2.28. The van der Waals surface area contributed by atoms with Crippen LogP contribution in [-0.2, 0) is 21.5 Å². The van der Waals surface area contributed by atoms with E-state index < -0.39 is 0 Å². The minimum atomic E-state index is 0.0171. The Hall–Kier alpha value is -3.02. The number of nitrogens with zero attached hydrogens (tertiary/aromatic N) is 1. The fraction of sp³-hybridized carbons (Fsp3) is 0.440. The molecule has 1 aliphatic heterocycles. The number of anilines is 1. The van der Waals surface area contributed by atoms with Crippen molar-refractivity contribution in [3.63, 3.8) is 0 Å². The third-order valence-electron chi connectivity index (χ3n) is 5.37. The van der Waals surface area contributed by atoms with Gasteiger partial charge in [0, 0.05) is 31.7 Å². The summed E-state index contributed by atoms with van der Waals surface area (Å²) in [7, 11) is 0. The SMILES string of the molecule is CC(C)(C)c1ccc(OCCCC(=O)NCc2ccc(N3CCNC(=O)C3)cc2)cc1. The van der Waals surface area contributed by atoms with Gasteiger partial charge in [0.1, 0.15) is 5.75 Å². The molecule has 0 aliphatic carbocycles. The van der Waals surface area contributed by atoms with E-state index >= 15 is 0 Å². The molecule has 1 heterocycles. The van der Waals surface area contributed by atoms with Crippen molar-refractivity contribution in [2.24, 2.45) is 0 Å². The predicted octanol–water partition coefficient (Wildman–Crippen LogP) is 3.40. The Labute approximate surface area is 185 Å². The lowest BCUT2D eigenvalue weighted by molar-refractivity contribution is -0.121. The molecule has 0 bridgehead atoms. The van der Waals surface area contributed by atoms with Crippen LogP contribution in [0, 0.1) is 0 Å². The minimum absolute atomic E-state index is 0.0171. The second-order valence-electron chi connectivity index (χ2n) is 8.94. The molecule has 6 heteroatoms. The molecule has 166 valence electrons. The monoisotopic (exact) mass is 423 g/mol.